The number of benzene rings is 2. The summed E-state index contributed by atoms with van der Waals surface area (Å²) >= 11 is 1.55. The summed E-state index contributed by atoms with van der Waals surface area (Å²) in [6.07, 6.45) is -1.82. The lowest BCUT2D eigenvalue weighted by Crippen LogP contribution is -2.52. The first-order chi connectivity index (χ1) is 21.2. The molecule has 0 spiro atoms. The molecule has 13 heteroatoms. The minimum atomic E-state index is -4.77. The van der Waals surface area contributed by atoms with Crippen LogP contribution in [0, 0.1) is 5.92 Å². The third-order valence-electron chi connectivity index (χ3n) is 8.39. The van der Waals surface area contributed by atoms with Crippen LogP contribution >= 0.6 is 11.3 Å². The van der Waals surface area contributed by atoms with Crippen molar-refractivity contribution in [3.63, 3.8) is 0 Å². The molecule has 0 atom stereocenters. The maximum atomic E-state index is 13.4. The number of nitrogens with one attached hydrogen (secondary N) is 2. The number of amides is 2. The Morgan fingerprint density at radius 3 is 2.45 bits per heavy atom. The first-order valence-electron chi connectivity index (χ1n) is 14.5. The normalized spacial score (nSPS) is 17.4. The molecule has 2 fully saturated rings. The summed E-state index contributed by atoms with van der Waals surface area (Å²) in [6.45, 7) is 3.10. The highest BCUT2D eigenvalue weighted by Gasteiger charge is 2.42. The maximum Gasteiger partial charge on any atom is 0.471 e. The number of carbonyl (C=O) groups is 2. The van der Waals surface area contributed by atoms with E-state index in [1.807, 2.05) is 40.6 Å². The zero-order chi connectivity index (χ0) is 30.7. The van der Waals surface area contributed by atoms with E-state index < -0.39 is 17.5 Å². The summed E-state index contributed by atoms with van der Waals surface area (Å²) < 4.78 is 43.2. The van der Waals surface area contributed by atoms with Crippen LogP contribution in [0.3, 0.4) is 0 Å². The summed E-state index contributed by atoms with van der Waals surface area (Å²) in [4.78, 5) is 37.0. The second kappa shape index (κ2) is 12.5. The van der Waals surface area contributed by atoms with E-state index in [9.17, 15) is 22.8 Å². The second-order valence-corrected chi connectivity index (χ2v) is 12.1. The van der Waals surface area contributed by atoms with Crippen LogP contribution < -0.4 is 10.6 Å². The minimum absolute atomic E-state index is 0.0340. The standard InChI is InChI=1S/C31H31F3N6O3S/c32-31(33,34)28-38-25(39-43-28)22-7-4-8-23(17-22)26(41)36-19-30(29-37-24(18-44-29)20-5-2-1-3-6-20)11-15-40(16-12-30)27(42)21-9-13-35-14-10-21/h1-8,17-18,21,35H,9-16,19H2,(H,36,41). The molecular formula is C31H31F3N6O3S. The Morgan fingerprint density at radius 2 is 1.75 bits per heavy atom. The Bertz CT molecular complexity index is 1610. The number of aromatic nitrogens is 3. The van der Waals surface area contributed by atoms with Crippen molar-refractivity contribution in [3.05, 3.63) is 76.4 Å². The van der Waals surface area contributed by atoms with Crippen LogP contribution in [0.15, 0.2) is 64.5 Å². The largest absolute Gasteiger partial charge is 0.471 e. The molecular weight excluding hydrogens is 593 g/mol. The van der Waals surface area contributed by atoms with Gasteiger partial charge in [0.15, 0.2) is 0 Å². The lowest BCUT2D eigenvalue weighted by molar-refractivity contribution is -0.159. The van der Waals surface area contributed by atoms with Crippen molar-refractivity contribution in [2.24, 2.45) is 5.92 Å². The zero-order valence-corrected chi connectivity index (χ0v) is 24.6. The average molecular weight is 625 g/mol. The first kappa shape index (κ1) is 29.9. The minimum Gasteiger partial charge on any atom is -0.351 e. The second-order valence-electron chi connectivity index (χ2n) is 11.2. The van der Waals surface area contributed by atoms with Crippen LogP contribution in [-0.2, 0) is 16.4 Å². The van der Waals surface area contributed by atoms with E-state index in [2.05, 4.69) is 25.3 Å². The molecule has 2 aliphatic heterocycles. The predicted molar refractivity (Wildman–Crippen MR) is 158 cm³/mol. The van der Waals surface area contributed by atoms with Gasteiger partial charge in [-0.05, 0) is 50.9 Å². The lowest BCUT2D eigenvalue weighted by Gasteiger charge is -2.42. The number of hydrogen-bond acceptors (Lipinski definition) is 8. The SMILES string of the molecule is O=C(NCC1(c2nc(-c3ccccc3)cs2)CCN(C(=O)C2CCNCC2)CC1)c1cccc(-c2noc(C(F)(F)F)n2)c1. The zero-order valence-electron chi connectivity index (χ0n) is 23.8. The Balaban J connectivity index is 1.20. The Hall–Kier alpha value is -4.10. The summed E-state index contributed by atoms with van der Waals surface area (Å²) in [5.41, 5.74) is 1.84. The molecule has 4 heterocycles. The van der Waals surface area contributed by atoms with Gasteiger partial charge >= 0.3 is 12.1 Å². The van der Waals surface area contributed by atoms with Crippen molar-refractivity contribution in [2.45, 2.75) is 37.3 Å². The van der Waals surface area contributed by atoms with Gasteiger partial charge in [0.2, 0.25) is 11.7 Å². The highest BCUT2D eigenvalue weighted by atomic mass is 32.1. The van der Waals surface area contributed by atoms with Gasteiger partial charge < -0.3 is 20.1 Å². The molecule has 230 valence electrons. The molecule has 6 rings (SSSR count). The molecule has 2 aromatic heterocycles. The Morgan fingerprint density at radius 1 is 1.02 bits per heavy atom. The Kier molecular flexibility index (Phi) is 8.50. The summed E-state index contributed by atoms with van der Waals surface area (Å²) in [5, 5.41) is 12.7. The van der Waals surface area contributed by atoms with Gasteiger partial charge in [-0.3, -0.25) is 9.59 Å². The molecule has 0 aliphatic carbocycles. The van der Waals surface area contributed by atoms with Crippen molar-refractivity contribution in [1.82, 2.24) is 30.7 Å². The van der Waals surface area contributed by atoms with E-state index in [1.54, 1.807) is 23.5 Å². The van der Waals surface area contributed by atoms with Gasteiger partial charge in [0.05, 0.1) is 5.69 Å². The van der Waals surface area contributed by atoms with Gasteiger partial charge in [0.1, 0.15) is 5.01 Å². The number of rotatable bonds is 7. The molecule has 0 radical (unpaired) electrons. The number of piperidine rings is 2. The fourth-order valence-electron chi connectivity index (χ4n) is 5.81. The van der Waals surface area contributed by atoms with Crippen LogP contribution in [0.25, 0.3) is 22.6 Å². The molecule has 2 amide bonds. The topological polar surface area (TPSA) is 113 Å². The highest BCUT2D eigenvalue weighted by Crippen LogP contribution is 2.39. The van der Waals surface area contributed by atoms with Gasteiger partial charge in [-0.1, -0.05) is 47.6 Å². The number of carbonyl (C=O) groups excluding carboxylic acids is 2. The summed E-state index contributed by atoms with van der Waals surface area (Å²) in [6, 6.07) is 16.0. The highest BCUT2D eigenvalue weighted by molar-refractivity contribution is 7.10. The van der Waals surface area contributed by atoms with E-state index in [1.165, 1.54) is 12.1 Å². The van der Waals surface area contributed by atoms with E-state index >= 15 is 0 Å². The third-order valence-corrected chi connectivity index (χ3v) is 9.48. The fourth-order valence-corrected chi connectivity index (χ4v) is 6.90. The number of likely N-dealkylation sites (tertiary alicyclic amines) is 1. The van der Waals surface area contributed by atoms with Crippen molar-refractivity contribution >= 4 is 23.2 Å². The van der Waals surface area contributed by atoms with Gasteiger partial charge in [-0.25, -0.2) is 4.98 Å². The molecule has 2 aliphatic rings. The van der Waals surface area contributed by atoms with Crippen molar-refractivity contribution < 1.29 is 27.3 Å². The van der Waals surface area contributed by atoms with E-state index in [0.717, 1.165) is 42.2 Å². The summed E-state index contributed by atoms with van der Waals surface area (Å²) in [7, 11) is 0. The number of hydrogen-bond donors (Lipinski definition) is 2. The van der Waals surface area contributed by atoms with E-state index in [0.29, 0.717) is 25.9 Å². The van der Waals surface area contributed by atoms with Crippen LogP contribution in [-0.4, -0.2) is 64.6 Å². The van der Waals surface area contributed by atoms with Crippen molar-refractivity contribution in [1.29, 1.82) is 0 Å². The van der Waals surface area contributed by atoms with Crippen LogP contribution in [0.1, 0.15) is 46.9 Å². The molecule has 0 unspecified atom stereocenters. The number of thiazole rings is 1. The molecule has 2 N–H and O–H groups in total. The molecule has 44 heavy (non-hydrogen) atoms. The first-order valence-corrected chi connectivity index (χ1v) is 15.4. The van der Waals surface area contributed by atoms with Crippen molar-refractivity contribution in [3.8, 4) is 22.6 Å². The van der Waals surface area contributed by atoms with Crippen molar-refractivity contribution in [2.75, 3.05) is 32.7 Å². The monoisotopic (exact) mass is 624 g/mol. The average Bonchev–Trinajstić information content (AvgIpc) is 3.76. The van der Waals surface area contributed by atoms with Crippen LogP contribution in [0.4, 0.5) is 13.2 Å². The van der Waals surface area contributed by atoms with Crippen LogP contribution in [0.2, 0.25) is 0 Å². The molecule has 0 bridgehead atoms. The number of nitrogens with zero attached hydrogens (tertiary/aromatic N) is 4. The quantitative estimate of drug-likeness (QED) is 0.292. The molecule has 2 saturated heterocycles. The Labute approximate surface area is 255 Å². The van der Waals surface area contributed by atoms with Gasteiger partial charge in [-0.15, -0.1) is 11.3 Å². The number of alkyl halides is 3. The van der Waals surface area contributed by atoms with Crippen LogP contribution in [0.5, 0.6) is 0 Å². The van der Waals surface area contributed by atoms with Gasteiger partial charge in [0, 0.05) is 53.0 Å². The molecule has 0 saturated carbocycles. The van der Waals surface area contributed by atoms with Gasteiger partial charge in [-0.2, -0.15) is 18.2 Å². The predicted octanol–water partition coefficient (Wildman–Crippen LogP) is 5.17. The van der Waals surface area contributed by atoms with Gasteiger partial charge in [0.25, 0.3) is 5.91 Å². The molecule has 4 aromatic rings. The van der Waals surface area contributed by atoms with E-state index in [4.69, 9.17) is 4.98 Å². The summed E-state index contributed by atoms with van der Waals surface area (Å²) in [5.74, 6) is -1.87. The smallest absolute Gasteiger partial charge is 0.351 e. The van der Waals surface area contributed by atoms with E-state index in [-0.39, 0.29) is 41.2 Å². The third kappa shape index (κ3) is 6.39. The lowest BCUT2D eigenvalue weighted by atomic mass is 9.78. The maximum absolute atomic E-state index is 13.4. The molecule has 9 nitrogen and oxygen atoms in total. The fraction of sp³-hybridized carbons (Fsp3) is 0.387. The number of halogens is 3. The molecule has 2 aromatic carbocycles.